The Morgan fingerprint density at radius 2 is 1.81 bits per heavy atom. The SMILES string of the molecule is C[C@H]1[C@H](O)[C@@H](O)[C@H]2CNC[C@@H]2[C@H]1C(=O)N1CCCc2ccccc2C1.Cl. The summed E-state index contributed by atoms with van der Waals surface area (Å²) in [5.74, 6) is -0.210. The Kier molecular flexibility index (Phi) is 5.92. The first-order valence-electron chi connectivity index (χ1n) is 9.50. The van der Waals surface area contributed by atoms with Crippen LogP contribution < -0.4 is 5.32 Å². The van der Waals surface area contributed by atoms with Crippen LogP contribution >= 0.6 is 12.4 Å². The van der Waals surface area contributed by atoms with E-state index in [1.807, 2.05) is 17.9 Å². The first-order valence-corrected chi connectivity index (χ1v) is 9.50. The number of hydrogen-bond acceptors (Lipinski definition) is 4. The number of hydrogen-bond donors (Lipinski definition) is 3. The number of nitrogens with one attached hydrogen (secondary N) is 1. The van der Waals surface area contributed by atoms with E-state index in [4.69, 9.17) is 0 Å². The van der Waals surface area contributed by atoms with E-state index < -0.39 is 12.2 Å². The lowest BCUT2D eigenvalue weighted by Gasteiger charge is -2.45. The van der Waals surface area contributed by atoms with Gasteiger partial charge in [0, 0.05) is 31.5 Å². The summed E-state index contributed by atoms with van der Waals surface area (Å²) < 4.78 is 0. The van der Waals surface area contributed by atoms with Gasteiger partial charge in [-0.2, -0.15) is 0 Å². The molecule has 6 atom stereocenters. The lowest BCUT2D eigenvalue weighted by molar-refractivity contribution is -0.156. The van der Waals surface area contributed by atoms with Gasteiger partial charge in [-0.05, 0) is 42.3 Å². The quantitative estimate of drug-likeness (QED) is 0.684. The molecule has 4 rings (SSSR count). The van der Waals surface area contributed by atoms with Crippen LogP contribution in [0, 0.1) is 23.7 Å². The van der Waals surface area contributed by atoms with Gasteiger partial charge >= 0.3 is 0 Å². The van der Waals surface area contributed by atoms with Crippen LogP contribution in [-0.4, -0.2) is 52.9 Å². The van der Waals surface area contributed by atoms with Crippen LogP contribution in [-0.2, 0) is 17.8 Å². The molecule has 1 saturated carbocycles. The second-order valence-corrected chi connectivity index (χ2v) is 7.98. The van der Waals surface area contributed by atoms with Crippen LogP contribution in [0.1, 0.15) is 24.5 Å². The molecule has 3 N–H and O–H groups in total. The highest BCUT2D eigenvalue weighted by Gasteiger charge is 2.52. The molecule has 2 heterocycles. The second kappa shape index (κ2) is 7.85. The first-order chi connectivity index (χ1) is 12.1. The number of nitrogens with zero attached hydrogens (tertiary/aromatic N) is 1. The van der Waals surface area contributed by atoms with Crippen LogP contribution in [0.4, 0.5) is 0 Å². The van der Waals surface area contributed by atoms with Gasteiger partial charge < -0.3 is 20.4 Å². The van der Waals surface area contributed by atoms with E-state index in [-0.39, 0.29) is 42.0 Å². The molecule has 2 aliphatic heterocycles. The van der Waals surface area contributed by atoms with Gasteiger partial charge in [0.1, 0.15) is 0 Å². The van der Waals surface area contributed by atoms with E-state index in [0.717, 1.165) is 25.9 Å². The van der Waals surface area contributed by atoms with E-state index in [1.54, 1.807) is 0 Å². The van der Waals surface area contributed by atoms with Crippen LogP contribution in [0.15, 0.2) is 24.3 Å². The Hall–Kier alpha value is -1.14. The zero-order valence-corrected chi connectivity index (χ0v) is 16.0. The standard InChI is InChI=1S/C20H28N2O3.ClH/c1-12-17(15-9-21-10-16(15)19(24)18(12)23)20(25)22-8-4-7-13-5-2-3-6-14(13)11-22;/h2-3,5-6,12,15-19,21,23-24H,4,7-11H2,1H3;1H/t12-,15+,16+,17+,18+,19+;/m1./s1. The fraction of sp³-hybridized carbons (Fsp3) is 0.650. The van der Waals surface area contributed by atoms with Crippen LogP contribution in [0.3, 0.4) is 0 Å². The van der Waals surface area contributed by atoms with Crippen molar-refractivity contribution in [3.05, 3.63) is 35.4 Å². The molecular formula is C20H29ClN2O3. The zero-order valence-electron chi connectivity index (χ0n) is 15.2. The average molecular weight is 381 g/mol. The van der Waals surface area contributed by atoms with Crippen molar-refractivity contribution in [2.75, 3.05) is 19.6 Å². The number of aryl methyl sites for hydroxylation is 1. The molecule has 0 aromatic heterocycles. The number of aliphatic hydroxyl groups excluding tert-OH is 2. The summed E-state index contributed by atoms with van der Waals surface area (Å²) in [6.45, 7) is 4.76. The summed E-state index contributed by atoms with van der Waals surface area (Å²) in [6, 6.07) is 8.37. The third kappa shape index (κ3) is 3.26. The van der Waals surface area contributed by atoms with E-state index in [0.29, 0.717) is 13.1 Å². The Bertz CT molecular complexity index is 656. The third-order valence-corrected chi connectivity index (χ3v) is 6.62. The van der Waals surface area contributed by atoms with E-state index in [1.165, 1.54) is 11.1 Å². The molecule has 1 aromatic rings. The minimum atomic E-state index is -0.825. The molecule has 1 aliphatic carbocycles. The molecule has 0 spiro atoms. The Morgan fingerprint density at radius 1 is 1.12 bits per heavy atom. The number of carbonyl (C=O) groups is 1. The summed E-state index contributed by atoms with van der Waals surface area (Å²) >= 11 is 0. The normalized spacial score (nSPS) is 36.5. The van der Waals surface area contributed by atoms with E-state index in [2.05, 4.69) is 23.5 Å². The van der Waals surface area contributed by atoms with Crippen molar-refractivity contribution in [2.24, 2.45) is 23.7 Å². The highest BCUT2D eigenvalue weighted by molar-refractivity contribution is 5.85. The average Bonchev–Trinajstić information content (AvgIpc) is 2.99. The molecular weight excluding hydrogens is 352 g/mol. The fourth-order valence-corrected chi connectivity index (χ4v) is 5.16. The topological polar surface area (TPSA) is 72.8 Å². The molecule has 0 bridgehead atoms. The molecule has 2 fully saturated rings. The number of benzene rings is 1. The predicted octanol–water partition coefficient (Wildman–Crippen LogP) is 1.21. The van der Waals surface area contributed by atoms with E-state index >= 15 is 0 Å². The maximum absolute atomic E-state index is 13.4. The molecule has 0 radical (unpaired) electrons. The van der Waals surface area contributed by atoms with Gasteiger partial charge in [0.2, 0.25) is 5.91 Å². The van der Waals surface area contributed by atoms with Gasteiger partial charge in [-0.15, -0.1) is 12.4 Å². The van der Waals surface area contributed by atoms with Crippen LogP contribution in [0.25, 0.3) is 0 Å². The van der Waals surface area contributed by atoms with Crippen molar-refractivity contribution in [3.63, 3.8) is 0 Å². The van der Waals surface area contributed by atoms with Crippen molar-refractivity contribution < 1.29 is 15.0 Å². The van der Waals surface area contributed by atoms with Crippen molar-refractivity contribution in [3.8, 4) is 0 Å². The maximum Gasteiger partial charge on any atom is 0.226 e. The second-order valence-electron chi connectivity index (χ2n) is 7.98. The Morgan fingerprint density at radius 3 is 2.58 bits per heavy atom. The van der Waals surface area contributed by atoms with Crippen molar-refractivity contribution in [1.29, 1.82) is 0 Å². The Balaban J connectivity index is 0.00000196. The molecule has 3 aliphatic rings. The molecule has 1 aromatic carbocycles. The summed E-state index contributed by atoms with van der Waals surface area (Å²) in [6.07, 6.45) is 0.425. The van der Waals surface area contributed by atoms with Gasteiger partial charge in [-0.25, -0.2) is 0 Å². The number of aliphatic hydroxyl groups is 2. The summed E-state index contributed by atoms with van der Waals surface area (Å²) in [7, 11) is 0. The number of fused-ring (bicyclic) bond motifs is 2. The van der Waals surface area contributed by atoms with E-state index in [9.17, 15) is 15.0 Å². The zero-order chi connectivity index (χ0) is 17.6. The fourth-order valence-electron chi connectivity index (χ4n) is 5.16. The highest BCUT2D eigenvalue weighted by atomic mass is 35.5. The molecule has 0 unspecified atom stereocenters. The van der Waals surface area contributed by atoms with Gasteiger partial charge in [0.05, 0.1) is 12.2 Å². The summed E-state index contributed by atoms with van der Waals surface area (Å²) in [5, 5.41) is 24.2. The number of rotatable bonds is 1. The van der Waals surface area contributed by atoms with Crippen LogP contribution in [0.5, 0.6) is 0 Å². The van der Waals surface area contributed by atoms with Crippen LogP contribution in [0.2, 0.25) is 0 Å². The molecule has 26 heavy (non-hydrogen) atoms. The maximum atomic E-state index is 13.4. The first kappa shape index (κ1) is 19.6. The Labute approximate surface area is 161 Å². The lowest BCUT2D eigenvalue weighted by Crippen LogP contribution is -2.56. The predicted molar refractivity (Wildman–Crippen MR) is 102 cm³/mol. The number of carbonyl (C=O) groups excluding carboxylic acids is 1. The number of halogens is 1. The summed E-state index contributed by atoms with van der Waals surface area (Å²) in [4.78, 5) is 15.4. The monoisotopic (exact) mass is 380 g/mol. The van der Waals surface area contributed by atoms with Gasteiger partial charge in [-0.3, -0.25) is 4.79 Å². The highest BCUT2D eigenvalue weighted by Crippen LogP contribution is 2.42. The molecule has 1 saturated heterocycles. The van der Waals surface area contributed by atoms with Gasteiger partial charge in [0.15, 0.2) is 0 Å². The lowest BCUT2D eigenvalue weighted by atomic mass is 9.65. The summed E-state index contributed by atoms with van der Waals surface area (Å²) in [5.41, 5.74) is 2.57. The molecule has 6 heteroatoms. The molecule has 5 nitrogen and oxygen atoms in total. The van der Waals surface area contributed by atoms with Crippen molar-refractivity contribution in [2.45, 2.75) is 38.5 Å². The minimum Gasteiger partial charge on any atom is -0.390 e. The van der Waals surface area contributed by atoms with Crippen molar-refractivity contribution >= 4 is 18.3 Å². The molecule has 144 valence electrons. The third-order valence-electron chi connectivity index (χ3n) is 6.62. The molecule has 1 amide bonds. The number of amides is 1. The largest absolute Gasteiger partial charge is 0.390 e. The smallest absolute Gasteiger partial charge is 0.226 e. The van der Waals surface area contributed by atoms with Crippen molar-refractivity contribution in [1.82, 2.24) is 10.2 Å². The van der Waals surface area contributed by atoms with Gasteiger partial charge in [0.25, 0.3) is 0 Å². The minimum absolute atomic E-state index is 0. The van der Waals surface area contributed by atoms with Gasteiger partial charge in [-0.1, -0.05) is 31.2 Å².